The topological polar surface area (TPSA) is 70.6 Å². The molecule has 0 spiro atoms. The Labute approximate surface area is 199 Å². The summed E-state index contributed by atoms with van der Waals surface area (Å²) in [6.45, 7) is 7.58. The van der Waals surface area contributed by atoms with Crippen molar-refractivity contribution in [1.82, 2.24) is 9.97 Å². The average Bonchev–Trinajstić information content (AvgIpc) is 3.20. The summed E-state index contributed by atoms with van der Waals surface area (Å²) in [5.41, 5.74) is 6.11. The molecule has 1 atom stereocenters. The first-order valence-electron chi connectivity index (χ1n) is 10.9. The molecule has 7 nitrogen and oxygen atoms in total. The van der Waals surface area contributed by atoms with Crippen molar-refractivity contribution in [3.05, 3.63) is 52.4 Å². The van der Waals surface area contributed by atoms with Crippen molar-refractivity contribution >= 4 is 44.2 Å². The average molecular weight is 516 g/mol. The summed E-state index contributed by atoms with van der Waals surface area (Å²) in [5, 5.41) is 3.56. The van der Waals surface area contributed by atoms with Gasteiger partial charge in [-0.1, -0.05) is 28.6 Å². The maximum atomic E-state index is 12.7. The molecule has 168 valence electrons. The van der Waals surface area contributed by atoms with Crippen molar-refractivity contribution in [2.24, 2.45) is 0 Å². The van der Waals surface area contributed by atoms with Crippen LogP contribution in [-0.4, -0.2) is 58.8 Å². The standard InChI is InChI=1S/C23H26BrN5O2S/c1-2-18-15-28(9-10-29(18)19-5-3-4-16(24)14-19)23-26-20-8-13-32(30)21(20)22(27-23)25-17-6-11-31-12-7-17/h3-5,14,17H,1,6-13,15H2,(H,25,26,27). The number of piperazine rings is 1. The Balaban J connectivity index is 1.42. The zero-order valence-corrected chi connectivity index (χ0v) is 20.3. The van der Waals surface area contributed by atoms with E-state index in [1.54, 1.807) is 0 Å². The van der Waals surface area contributed by atoms with Crippen molar-refractivity contribution < 1.29 is 8.95 Å². The third-order valence-corrected chi connectivity index (χ3v) is 8.06. The van der Waals surface area contributed by atoms with Gasteiger partial charge < -0.3 is 19.9 Å². The van der Waals surface area contributed by atoms with E-state index < -0.39 is 10.8 Å². The van der Waals surface area contributed by atoms with E-state index in [1.165, 1.54) is 0 Å². The highest BCUT2D eigenvalue weighted by Gasteiger charge is 2.30. The zero-order valence-electron chi connectivity index (χ0n) is 17.8. The summed E-state index contributed by atoms with van der Waals surface area (Å²) in [6.07, 6.45) is 2.58. The molecule has 0 aliphatic carbocycles. The smallest absolute Gasteiger partial charge is 0.228 e. The van der Waals surface area contributed by atoms with Gasteiger partial charge in [-0.05, 0) is 31.0 Å². The van der Waals surface area contributed by atoms with Crippen LogP contribution in [0.3, 0.4) is 0 Å². The maximum absolute atomic E-state index is 12.7. The summed E-state index contributed by atoms with van der Waals surface area (Å²) >= 11 is 3.56. The van der Waals surface area contributed by atoms with Crippen LogP contribution in [0.25, 0.3) is 0 Å². The normalized spacial score (nSPS) is 21.4. The third-order valence-electron chi connectivity index (χ3n) is 6.10. The summed E-state index contributed by atoms with van der Waals surface area (Å²) in [7, 11) is -1.05. The van der Waals surface area contributed by atoms with Crippen LogP contribution in [0.2, 0.25) is 0 Å². The van der Waals surface area contributed by atoms with E-state index in [1.807, 2.05) is 12.1 Å². The largest absolute Gasteiger partial charge is 0.381 e. The highest BCUT2D eigenvalue weighted by atomic mass is 79.9. The Hall–Kier alpha value is -2.19. The van der Waals surface area contributed by atoms with Crippen molar-refractivity contribution in [2.75, 3.05) is 53.7 Å². The number of aromatic nitrogens is 2. The number of nitrogens with one attached hydrogen (secondary N) is 1. The van der Waals surface area contributed by atoms with Crippen LogP contribution in [0.15, 0.2) is 51.6 Å². The fourth-order valence-electron chi connectivity index (χ4n) is 4.41. The van der Waals surface area contributed by atoms with E-state index in [4.69, 9.17) is 14.7 Å². The zero-order chi connectivity index (χ0) is 22.1. The molecule has 2 aromatic rings. The highest BCUT2D eigenvalue weighted by molar-refractivity contribution is 9.10. The minimum atomic E-state index is -1.05. The van der Waals surface area contributed by atoms with Crippen molar-refractivity contribution in [2.45, 2.75) is 30.2 Å². The van der Waals surface area contributed by atoms with Gasteiger partial charge in [0, 0.05) is 54.7 Å². The molecule has 1 aromatic heterocycles. The highest BCUT2D eigenvalue weighted by Crippen LogP contribution is 2.32. The molecule has 9 heteroatoms. The van der Waals surface area contributed by atoms with Gasteiger partial charge in [-0.25, -0.2) is 4.98 Å². The number of benzene rings is 1. The van der Waals surface area contributed by atoms with Gasteiger partial charge in [0.1, 0.15) is 10.7 Å². The van der Waals surface area contributed by atoms with Gasteiger partial charge in [0.25, 0.3) is 0 Å². The van der Waals surface area contributed by atoms with Crippen LogP contribution in [-0.2, 0) is 22.0 Å². The molecule has 0 amide bonds. The molecule has 1 unspecified atom stereocenters. The molecule has 1 aromatic carbocycles. The molecular formula is C23H26BrN5O2S. The molecular weight excluding hydrogens is 490 g/mol. The predicted molar refractivity (Wildman–Crippen MR) is 131 cm³/mol. The molecule has 5 rings (SSSR count). The lowest BCUT2D eigenvalue weighted by Crippen LogP contribution is -2.45. The third kappa shape index (κ3) is 4.35. The Kier molecular flexibility index (Phi) is 6.33. The van der Waals surface area contributed by atoms with Gasteiger partial charge >= 0.3 is 0 Å². The SMILES string of the molecule is C=C=C1CN(c2nc3c(c(NC4CCOCC4)n2)S(=O)CC3)CCN1c1cccc(Br)c1. The van der Waals surface area contributed by atoms with Crippen LogP contribution in [0.5, 0.6) is 0 Å². The number of aryl methyl sites for hydroxylation is 1. The summed E-state index contributed by atoms with van der Waals surface area (Å²) in [4.78, 5) is 14.9. The number of fused-ring (bicyclic) bond motifs is 1. The van der Waals surface area contributed by atoms with Crippen LogP contribution >= 0.6 is 15.9 Å². The second-order valence-corrected chi connectivity index (χ2v) is 10.6. The monoisotopic (exact) mass is 515 g/mol. The fraction of sp³-hybridized carbons (Fsp3) is 0.435. The van der Waals surface area contributed by atoms with E-state index in [0.29, 0.717) is 18.2 Å². The van der Waals surface area contributed by atoms with Gasteiger partial charge in [-0.15, -0.1) is 5.73 Å². The first-order valence-corrected chi connectivity index (χ1v) is 13.0. The lowest BCUT2D eigenvalue weighted by atomic mass is 10.1. The van der Waals surface area contributed by atoms with Gasteiger partial charge in [0.05, 0.1) is 28.7 Å². The minimum Gasteiger partial charge on any atom is -0.381 e. The van der Waals surface area contributed by atoms with E-state index >= 15 is 0 Å². The van der Waals surface area contributed by atoms with E-state index in [9.17, 15) is 4.21 Å². The lowest BCUT2D eigenvalue weighted by Gasteiger charge is -2.37. The number of rotatable bonds is 4. The quantitative estimate of drug-likeness (QED) is 0.624. The molecule has 0 saturated carbocycles. The van der Waals surface area contributed by atoms with Crippen LogP contribution in [0.1, 0.15) is 18.5 Å². The molecule has 1 N–H and O–H groups in total. The molecule has 2 fully saturated rings. The van der Waals surface area contributed by atoms with Gasteiger partial charge in [-0.3, -0.25) is 4.21 Å². The number of hydrogen-bond acceptors (Lipinski definition) is 7. The van der Waals surface area contributed by atoms with E-state index in [2.05, 4.69) is 55.5 Å². The Morgan fingerprint density at radius 2 is 2.09 bits per heavy atom. The summed E-state index contributed by atoms with van der Waals surface area (Å²) in [5.74, 6) is 2.02. The number of hydrogen-bond donors (Lipinski definition) is 1. The Bertz CT molecular complexity index is 1100. The number of ether oxygens (including phenoxy) is 1. The van der Waals surface area contributed by atoms with E-state index in [0.717, 1.165) is 77.8 Å². The number of anilines is 3. The molecule has 2 saturated heterocycles. The van der Waals surface area contributed by atoms with E-state index in [-0.39, 0.29) is 6.04 Å². The second-order valence-electron chi connectivity index (χ2n) is 8.16. The number of halogens is 1. The molecule has 3 aliphatic rings. The molecule has 0 radical (unpaired) electrons. The fourth-order valence-corrected chi connectivity index (χ4v) is 6.11. The van der Waals surface area contributed by atoms with Gasteiger partial charge in [0.15, 0.2) is 0 Å². The maximum Gasteiger partial charge on any atom is 0.228 e. The van der Waals surface area contributed by atoms with Crippen LogP contribution in [0, 0.1) is 0 Å². The van der Waals surface area contributed by atoms with Gasteiger partial charge in [0.2, 0.25) is 5.95 Å². The first kappa shape index (κ1) is 21.6. The van der Waals surface area contributed by atoms with Gasteiger partial charge in [-0.2, -0.15) is 4.98 Å². The first-order chi connectivity index (χ1) is 15.6. The summed E-state index contributed by atoms with van der Waals surface area (Å²) in [6, 6.07) is 8.53. The van der Waals surface area contributed by atoms with Crippen molar-refractivity contribution in [3.63, 3.8) is 0 Å². The molecule has 0 bridgehead atoms. The predicted octanol–water partition coefficient (Wildman–Crippen LogP) is 3.49. The molecule has 3 aliphatic heterocycles. The Morgan fingerprint density at radius 1 is 1.25 bits per heavy atom. The minimum absolute atomic E-state index is 0.283. The molecule has 32 heavy (non-hydrogen) atoms. The second kappa shape index (κ2) is 9.35. The summed E-state index contributed by atoms with van der Waals surface area (Å²) < 4.78 is 19.2. The number of nitrogens with zero attached hydrogens (tertiary/aromatic N) is 4. The van der Waals surface area contributed by atoms with Crippen LogP contribution in [0.4, 0.5) is 17.5 Å². The van der Waals surface area contributed by atoms with Crippen molar-refractivity contribution in [1.29, 1.82) is 0 Å². The molecule has 4 heterocycles. The Morgan fingerprint density at radius 3 is 2.88 bits per heavy atom. The van der Waals surface area contributed by atoms with Crippen LogP contribution < -0.4 is 15.1 Å². The lowest BCUT2D eigenvalue weighted by molar-refractivity contribution is 0.0903. The van der Waals surface area contributed by atoms with Crippen molar-refractivity contribution in [3.8, 4) is 0 Å².